The van der Waals surface area contributed by atoms with E-state index in [1.807, 2.05) is 0 Å². The molecule has 11 heavy (non-hydrogen) atoms. The van der Waals surface area contributed by atoms with Crippen LogP contribution in [0.2, 0.25) is 0 Å². The Bertz CT molecular complexity index is 123. The highest BCUT2D eigenvalue weighted by Gasteiger charge is 2.06. The van der Waals surface area contributed by atoms with Gasteiger partial charge in [0.05, 0.1) is 0 Å². The molecule has 1 heteroatoms. The molecule has 0 saturated carbocycles. The molecule has 0 aromatic carbocycles. The number of hydrogen-bond acceptors (Lipinski definition) is 1. The fourth-order valence-electron chi connectivity index (χ4n) is 1.12. The summed E-state index contributed by atoms with van der Waals surface area (Å²) in [5, 5.41) is 9.09. The number of terminal acetylenes is 1. The van der Waals surface area contributed by atoms with E-state index in [-0.39, 0.29) is 0 Å². The van der Waals surface area contributed by atoms with Crippen LogP contribution < -0.4 is 0 Å². The molecule has 0 spiro atoms. The average Bonchev–Trinajstić information content (AvgIpc) is 2.00. The van der Waals surface area contributed by atoms with Gasteiger partial charge in [0.15, 0.2) is 0 Å². The molecular weight excluding hydrogens is 136 g/mol. The molecule has 0 aliphatic rings. The third-order valence-corrected chi connectivity index (χ3v) is 1.87. The first-order chi connectivity index (χ1) is 5.20. The maximum absolute atomic E-state index is 9.09. The minimum absolute atomic E-state index is 0.540. The molecule has 0 aliphatic heterocycles. The second kappa shape index (κ2) is 6.24. The van der Waals surface area contributed by atoms with Crippen molar-refractivity contribution in [1.29, 1.82) is 0 Å². The molecule has 0 aromatic rings. The van der Waals surface area contributed by atoms with Crippen LogP contribution in [0.1, 0.15) is 39.5 Å². The summed E-state index contributed by atoms with van der Waals surface area (Å²) in [6, 6.07) is 0. The molecule has 1 nitrogen and oxygen atoms in total. The van der Waals surface area contributed by atoms with Gasteiger partial charge in [0.25, 0.3) is 0 Å². The normalized spacial score (nSPS) is 15.5. The van der Waals surface area contributed by atoms with Crippen molar-refractivity contribution >= 4 is 0 Å². The van der Waals surface area contributed by atoms with E-state index in [4.69, 9.17) is 11.5 Å². The standard InChI is InChI=1S/C10H18O/c1-4-6-7-9(3)8-10(11)5-2/h2,9-11H,4,6-8H2,1,3H3/t9-,10-/m1/s1. The topological polar surface area (TPSA) is 20.2 Å². The molecule has 0 rings (SSSR count). The van der Waals surface area contributed by atoms with Crippen LogP contribution in [0, 0.1) is 18.3 Å². The monoisotopic (exact) mass is 154 g/mol. The summed E-state index contributed by atoms with van der Waals surface area (Å²) in [4.78, 5) is 0. The minimum Gasteiger partial charge on any atom is -0.380 e. The molecule has 0 bridgehead atoms. The van der Waals surface area contributed by atoms with Crippen LogP contribution in [0.25, 0.3) is 0 Å². The van der Waals surface area contributed by atoms with Gasteiger partial charge in [-0.1, -0.05) is 39.0 Å². The lowest BCUT2D eigenvalue weighted by atomic mass is 9.98. The summed E-state index contributed by atoms with van der Waals surface area (Å²) in [5.41, 5.74) is 0. The number of rotatable bonds is 5. The Kier molecular flexibility index (Phi) is 5.97. The lowest BCUT2D eigenvalue weighted by Gasteiger charge is -2.11. The zero-order valence-corrected chi connectivity index (χ0v) is 7.51. The fourth-order valence-corrected chi connectivity index (χ4v) is 1.12. The van der Waals surface area contributed by atoms with E-state index in [0.717, 1.165) is 6.42 Å². The second-order valence-corrected chi connectivity index (χ2v) is 3.17. The highest BCUT2D eigenvalue weighted by molar-refractivity contribution is 4.93. The largest absolute Gasteiger partial charge is 0.380 e. The number of hydrogen-bond donors (Lipinski definition) is 1. The maximum Gasteiger partial charge on any atom is 0.114 e. The predicted octanol–water partition coefficient (Wildman–Crippen LogP) is 2.20. The third kappa shape index (κ3) is 5.94. The van der Waals surface area contributed by atoms with Gasteiger partial charge in [-0.3, -0.25) is 0 Å². The summed E-state index contributed by atoms with van der Waals surface area (Å²) >= 11 is 0. The highest BCUT2D eigenvalue weighted by atomic mass is 16.3. The lowest BCUT2D eigenvalue weighted by Crippen LogP contribution is -2.08. The third-order valence-electron chi connectivity index (χ3n) is 1.87. The maximum atomic E-state index is 9.09. The van der Waals surface area contributed by atoms with E-state index in [9.17, 15) is 0 Å². The summed E-state index contributed by atoms with van der Waals surface area (Å²) in [6.45, 7) is 4.31. The molecule has 0 fully saturated rings. The molecule has 0 heterocycles. The van der Waals surface area contributed by atoms with Gasteiger partial charge in [0.2, 0.25) is 0 Å². The Morgan fingerprint density at radius 3 is 2.64 bits per heavy atom. The molecule has 1 N–H and O–H groups in total. The first kappa shape index (κ1) is 10.5. The minimum atomic E-state index is -0.540. The van der Waals surface area contributed by atoms with Crippen molar-refractivity contribution in [3.8, 4) is 12.3 Å². The van der Waals surface area contributed by atoms with Crippen LogP contribution in [-0.4, -0.2) is 11.2 Å². The first-order valence-electron chi connectivity index (χ1n) is 4.34. The Balaban J connectivity index is 3.37. The molecule has 0 aromatic heterocycles. The first-order valence-corrected chi connectivity index (χ1v) is 4.34. The van der Waals surface area contributed by atoms with Crippen molar-refractivity contribution in [3.63, 3.8) is 0 Å². The Morgan fingerprint density at radius 1 is 1.55 bits per heavy atom. The van der Waals surface area contributed by atoms with Crippen molar-refractivity contribution in [3.05, 3.63) is 0 Å². The molecule has 0 radical (unpaired) electrons. The van der Waals surface area contributed by atoms with Crippen molar-refractivity contribution in [2.45, 2.75) is 45.6 Å². The SMILES string of the molecule is C#C[C@@H](O)C[C@H](C)CCCC. The van der Waals surface area contributed by atoms with Gasteiger partial charge in [-0.2, -0.15) is 0 Å². The highest BCUT2D eigenvalue weighted by Crippen LogP contribution is 2.13. The summed E-state index contributed by atoms with van der Waals surface area (Å²) in [5.74, 6) is 2.88. The van der Waals surface area contributed by atoms with Gasteiger partial charge in [-0.25, -0.2) is 0 Å². The second-order valence-electron chi connectivity index (χ2n) is 3.17. The zero-order chi connectivity index (χ0) is 8.69. The summed E-state index contributed by atoms with van der Waals surface area (Å²) in [7, 11) is 0. The van der Waals surface area contributed by atoms with Crippen LogP contribution >= 0.6 is 0 Å². The van der Waals surface area contributed by atoms with Gasteiger partial charge in [-0.05, 0) is 12.3 Å². The molecular formula is C10H18O. The van der Waals surface area contributed by atoms with Crippen molar-refractivity contribution < 1.29 is 5.11 Å². The van der Waals surface area contributed by atoms with Crippen LogP contribution in [0.15, 0.2) is 0 Å². The van der Waals surface area contributed by atoms with E-state index < -0.39 is 6.10 Å². The molecule has 0 saturated heterocycles. The van der Waals surface area contributed by atoms with Crippen LogP contribution in [0.3, 0.4) is 0 Å². The summed E-state index contributed by atoms with van der Waals surface area (Å²) < 4.78 is 0. The predicted molar refractivity (Wildman–Crippen MR) is 48.1 cm³/mol. The van der Waals surface area contributed by atoms with E-state index >= 15 is 0 Å². The molecule has 0 unspecified atom stereocenters. The zero-order valence-electron chi connectivity index (χ0n) is 7.51. The Morgan fingerprint density at radius 2 is 2.18 bits per heavy atom. The van der Waals surface area contributed by atoms with Crippen LogP contribution in [0.4, 0.5) is 0 Å². The molecule has 2 atom stereocenters. The van der Waals surface area contributed by atoms with Crippen LogP contribution in [0.5, 0.6) is 0 Å². The van der Waals surface area contributed by atoms with Crippen LogP contribution in [-0.2, 0) is 0 Å². The molecule has 0 aliphatic carbocycles. The van der Waals surface area contributed by atoms with Gasteiger partial charge in [-0.15, -0.1) is 6.42 Å². The van der Waals surface area contributed by atoms with Crippen molar-refractivity contribution in [1.82, 2.24) is 0 Å². The number of aliphatic hydroxyl groups is 1. The molecule has 64 valence electrons. The summed E-state index contributed by atoms with van der Waals surface area (Å²) in [6.07, 6.45) is 8.88. The quantitative estimate of drug-likeness (QED) is 0.602. The van der Waals surface area contributed by atoms with Gasteiger partial charge in [0.1, 0.15) is 6.10 Å². The molecule has 0 amide bonds. The van der Waals surface area contributed by atoms with E-state index in [0.29, 0.717) is 5.92 Å². The van der Waals surface area contributed by atoms with E-state index in [1.165, 1.54) is 19.3 Å². The fraction of sp³-hybridized carbons (Fsp3) is 0.800. The number of aliphatic hydroxyl groups excluding tert-OH is 1. The number of unbranched alkanes of at least 4 members (excludes halogenated alkanes) is 1. The lowest BCUT2D eigenvalue weighted by molar-refractivity contribution is 0.196. The smallest absolute Gasteiger partial charge is 0.114 e. The average molecular weight is 154 g/mol. The van der Waals surface area contributed by atoms with Gasteiger partial charge < -0.3 is 5.11 Å². The van der Waals surface area contributed by atoms with Crippen molar-refractivity contribution in [2.75, 3.05) is 0 Å². The van der Waals surface area contributed by atoms with Gasteiger partial charge >= 0.3 is 0 Å². The van der Waals surface area contributed by atoms with E-state index in [2.05, 4.69) is 19.8 Å². The van der Waals surface area contributed by atoms with Crippen molar-refractivity contribution in [2.24, 2.45) is 5.92 Å². The Labute approximate surface area is 69.8 Å². The van der Waals surface area contributed by atoms with Gasteiger partial charge in [0, 0.05) is 0 Å². The van der Waals surface area contributed by atoms with E-state index in [1.54, 1.807) is 0 Å². The Hall–Kier alpha value is -0.480.